The number of hydrogen-bond donors (Lipinski definition) is 1. The maximum absolute atomic E-state index is 6.11. The molecule has 1 atom stereocenters. The largest absolute Gasteiger partial charge is 0.369 e. The number of nitrogens with zero attached hydrogens (tertiary/aromatic N) is 4. The number of anilines is 1. The minimum atomic E-state index is 0.632. The van der Waals surface area contributed by atoms with E-state index in [1.165, 1.54) is 18.6 Å². The Morgan fingerprint density at radius 3 is 3.00 bits per heavy atom. The Bertz CT molecular complexity index is 579. The summed E-state index contributed by atoms with van der Waals surface area (Å²) in [7, 11) is 1.99. The van der Waals surface area contributed by atoms with Crippen molar-refractivity contribution >= 4 is 28.9 Å². The fraction of sp³-hybridized carbons (Fsp3) is 0.692. The molecule has 3 heterocycles. The summed E-state index contributed by atoms with van der Waals surface area (Å²) >= 11 is 2.05. The molecular weight excluding hydrogens is 258 g/mol. The van der Waals surface area contributed by atoms with Gasteiger partial charge < -0.3 is 5.73 Å². The Morgan fingerprint density at radius 1 is 1.47 bits per heavy atom. The first-order valence-corrected chi connectivity index (χ1v) is 8.04. The van der Waals surface area contributed by atoms with E-state index in [1.807, 2.05) is 23.5 Å². The number of thioether (sulfide) groups is 1. The second-order valence-corrected chi connectivity index (χ2v) is 6.62. The second kappa shape index (κ2) is 5.07. The van der Waals surface area contributed by atoms with Crippen LogP contribution in [-0.2, 0) is 20.0 Å². The third kappa shape index (κ3) is 2.22. The zero-order chi connectivity index (χ0) is 13.4. The van der Waals surface area contributed by atoms with E-state index >= 15 is 0 Å². The van der Waals surface area contributed by atoms with E-state index in [2.05, 4.69) is 21.6 Å². The Balaban J connectivity index is 2.00. The fourth-order valence-corrected chi connectivity index (χ4v) is 4.09. The third-order valence-corrected chi connectivity index (χ3v) is 5.10. The third-order valence-electron chi connectivity index (χ3n) is 3.72. The van der Waals surface area contributed by atoms with Gasteiger partial charge in [-0.1, -0.05) is 13.3 Å². The first-order valence-electron chi connectivity index (χ1n) is 7.00. The van der Waals surface area contributed by atoms with Gasteiger partial charge in [0.15, 0.2) is 5.65 Å². The highest BCUT2D eigenvalue weighted by molar-refractivity contribution is 8.00. The smallest absolute Gasteiger partial charge is 0.202 e. The van der Waals surface area contributed by atoms with Crippen LogP contribution in [0.25, 0.3) is 11.2 Å². The Labute approximate surface area is 117 Å². The number of nitrogen functional groups attached to an aromatic ring is 1. The van der Waals surface area contributed by atoms with Crippen molar-refractivity contribution in [3.8, 4) is 0 Å². The number of aromatic nitrogens is 4. The lowest BCUT2D eigenvalue weighted by Crippen LogP contribution is -2.14. The molecule has 5 nitrogen and oxygen atoms in total. The minimum absolute atomic E-state index is 0.632. The summed E-state index contributed by atoms with van der Waals surface area (Å²) in [6.07, 6.45) is 4.65. The fourth-order valence-electron chi connectivity index (χ4n) is 2.84. The molecule has 0 aromatic carbocycles. The van der Waals surface area contributed by atoms with Gasteiger partial charge in [0.25, 0.3) is 0 Å². The summed E-state index contributed by atoms with van der Waals surface area (Å²) < 4.78 is 4.08. The Kier molecular flexibility index (Phi) is 3.43. The van der Waals surface area contributed by atoms with Crippen molar-refractivity contribution in [2.45, 2.75) is 44.4 Å². The van der Waals surface area contributed by atoms with E-state index in [0.717, 1.165) is 36.2 Å². The van der Waals surface area contributed by atoms with Crippen molar-refractivity contribution in [2.75, 3.05) is 11.5 Å². The number of hydrogen-bond acceptors (Lipinski definition) is 4. The highest BCUT2D eigenvalue weighted by Gasteiger charge is 2.22. The molecule has 6 heteroatoms. The van der Waals surface area contributed by atoms with Gasteiger partial charge in [-0.3, -0.25) is 9.25 Å². The molecule has 104 valence electrons. The molecule has 2 aromatic rings. The first kappa shape index (κ1) is 12.8. The van der Waals surface area contributed by atoms with Crippen LogP contribution in [0.3, 0.4) is 0 Å². The van der Waals surface area contributed by atoms with Crippen LogP contribution in [0.4, 0.5) is 5.95 Å². The van der Waals surface area contributed by atoms with Gasteiger partial charge >= 0.3 is 0 Å². The van der Waals surface area contributed by atoms with Crippen LogP contribution in [0.2, 0.25) is 0 Å². The van der Waals surface area contributed by atoms with E-state index in [9.17, 15) is 0 Å². The van der Waals surface area contributed by atoms with Crippen LogP contribution in [0.1, 0.15) is 31.9 Å². The number of aryl methyl sites for hydroxylation is 2. The van der Waals surface area contributed by atoms with Crippen LogP contribution >= 0.6 is 11.8 Å². The second-order valence-electron chi connectivity index (χ2n) is 5.21. The number of fused-ring (bicyclic) bond motifs is 1. The molecule has 1 aliphatic rings. The standard InChI is InChI=1S/C13H21N5S/c1-3-5-10-11-12(17(2)16-10)18(13(14)15-11)8-9-6-4-7-19-9/h9H,3-8H2,1-2H3,(H2,14,15). The van der Waals surface area contributed by atoms with Crippen molar-refractivity contribution in [3.63, 3.8) is 0 Å². The molecule has 0 aliphatic carbocycles. The van der Waals surface area contributed by atoms with Crippen molar-refractivity contribution in [3.05, 3.63) is 5.69 Å². The van der Waals surface area contributed by atoms with Gasteiger partial charge in [-0.05, 0) is 25.0 Å². The molecule has 0 saturated carbocycles. The molecule has 1 aliphatic heterocycles. The van der Waals surface area contributed by atoms with Gasteiger partial charge in [0, 0.05) is 18.8 Å². The summed E-state index contributed by atoms with van der Waals surface area (Å²) in [5.74, 6) is 1.90. The van der Waals surface area contributed by atoms with E-state index in [1.54, 1.807) is 0 Å². The van der Waals surface area contributed by atoms with Gasteiger partial charge in [-0.15, -0.1) is 0 Å². The molecular formula is C13H21N5S. The van der Waals surface area contributed by atoms with Crippen LogP contribution in [-0.4, -0.2) is 30.3 Å². The molecule has 1 unspecified atom stereocenters. The average Bonchev–Trinajstić information content (AvgIpc) is 3.04. The number of rotatable bonds is 4. The molecule has 0 spiro atoms. The lowest BCUT2D eigenvalue weighted by Gasteiger charge is -2.11. The van der Waals surface area contributed by atoms with Crippen molar-refractivity contribution in [1.29, 1.82) is 0 Å². The zero-order valence-electron chi connectivity index (χ0n) is 11.6. The highest BCUT2D eigenvalue weighted by atomic mass is 32.2. The van der Waals surface area contributed by atoms with Gasteiger partial charge in [-0.2, -0.15) is 16.9 Å². The van der Waals surface area contributed by atoms with E-state index in [4.69, 9.17) is 5.73 Å². The summed E-state index contributed by atoms with van der Waals surface area (Å²) in [5, 5.41) is 5.26. The minimum Gasteiger partial charge on any atom is -0.369 e. The van der Waals surface area contributed by atoms with E-state index in [0.29, 0.717) is 11.2 Å². The summed E-state index contributed by atoms with van der Waals surface area (Å²) in [6.45, 7) is 3.12. The van der Waals surface area contributed by atoms with Crippen LogP contribution in [0.5, 0.6) is 0 Å². The first-order chi connectivity index (χ1) is 9.20. The van der Waals surface area contributed by atoms with Crippen molar-refractivity contribution < 1.29 is 0 Å². The molecule has 0 bridgehead atoms. The van der Waals surface area contributed by atoms with E-state index < -0.39 is 0 Å². The van der Waals surface area contributed by atoms with Crippen LogP contribution in [0, 0.1) is 0 Å². The lowest BCUT2D eigenvalue weighted by atomic mass is 10.2. The molecule has 0 amide bonds. The Morgan fingerprint density at radius 2 is 2.32 bits per heavy atom. The molecule has 3 rings (SSSR count). The molecule has 2 aromatic heterocycles. The number of nitrogens with two attached hydrogens (primary N) is 1. The Hall–Kier alpha value is -1.17. The van der Waals surface area contributed by atoms with Crippen LogP contribution in [0.15, 0.2) is 0 Å². The quantitative estimate of drug-likeness (QED) is 0.932. The molecule has 1 fully saturated rings. The lowest BCUT2D eigenvalue weighted by molar-refractivity contribution is 0.634. The number of imidazole rings is 1. The highest BCUT2D eigenvalue weighted by Crippen LogP contribution is 2.30. The SMILES string of the molecule is CCCc1nn(C)c2c1nc(N)n2CC1CCCS1. The predicted octanol–water partition coefficient (Wildman–Crippen LogP) is 2.20. The molecule has 19 heavy (non-hydrogen) atoms. The summed E-state index contributed by atoms with van der Waals surface area (Å²) in [4.78, 5) is 4.54. The van der Waals surface area contributed by atoms with Gasteiger partial charge in [0.2, 0.25) is 5.95 Å². The summed E-state index contributed by atoms with van der Waals surface area (Å²) in [5.41, 5.74) is 9.25. The van der Waals surface area contributed by atoms with Crippen LogP contribution < -0.4 is 5.73 Å². The van der Waals surface area contributed by atoms with Crippen molar-refractivity contribution in [1.82, 2.24) is 19.3 Å². The molecule has 0 radical (unpaired) electrons. The zero-order valence-corrected chi connectivity index (χ0v) is 12.4. The maximum Gasteiger partial charge on any atom is 0.202 e. The molecule has 1 saturated heterocycles. The average molecular weight is 279 g/mol. The normalized spacial score (nSPS) is 19.6. The monoisotopic (exact) mass is 279 g/mol. The van der Waals surface area contributed by atoms with Gasteiger partial charge in [0.05, 0.1) is 5.69 Å². The topological polar surface area (TPSA) is 61.7 Å². The summed E-state index contributed by atoms with van der Waals surface area (Å²) in [6, 6.07) is 0. The predicted molar refractivity (Wildman–Crippen MR) is 80.4 cm³/mol. The maximum atomic E-state index is 6.11. The molecule has 2 N–H and O–H groups in total. The van der Waals surface area contributed by atoms with Gasteiger partial charge in [0.1, 0.15) is 5.52 Å². The van der Waals surface area contributed by atoms with Gasteiger partial charge in [-0.25, -0.2) is 4.98 Å². The van der Waals surface area contributed by atoms with E-state index in [-0.39, 0.29) is 0 Å². The van der Waals surface area contributed by atoms with Crippen molar-refractivity contribution in [2.24, 2.45) is 7.05 Å².